The van der Waals surface area contributed by atoms with Gasteiger partial charge in [0.2, 0.25) is 0 Å². The Bertz CT molecular complexity index is 1960. The van der Waals surface area contributed by atoms with Crippen molar-refractivity contribution in [3.05, 3.63) is 122 Å². The van der Waals surface area contributed by atoms with Crippen LogP contribution in [0.1, 0.15) is 27.3 Å². The number of hydrogen-bond donors (Lipinski definition) is 2. The van der Waals surface area contributed by atoms with Crippen molar-refractivity contribution in [1.29, 1.82) is 0 Å². The molecule has 2 N–H and O–H groups in total. The molecule has 0 radical (unpaired) electrons. The van der Waals surface area contributed by atoms with E-state index < -0.39 is 40.8 Å². The van der Waals surface area contributed by atoms with Gasteiger partial charge < -0.3 is 19.6 Å². The molecule has 2 aromatic heterocycles. The number of carboxylic acids is 1. The summed E-state index contributed by atoms with van der Waals surface area (Å²) in [7, 11) is 1.38. The zero-order valence-corrected chi connectivity index (χ0v) is 24.8. The number of amides is 1. The van der Waals surface area contributed by atoms with E-state index in [9.17, 15) is 32.7 Å². The van der Waals surface area contributed by atoms with Crippen LogP contribution < -0.4 is 10.9 Å². The first kappa shape index (κ1) is 30.9. The van der Waals surface area contributed by atoms with Gasteiger partial charge in [0.1, 0.15) is 11.7 Å². The number of aromatic nitrogens is 2. The minimum absolute atomic E-state index is 0.0266. The molecule has 0 fully saturated rings. The molecule has 2 heterocycles. The highest BCUT2D eigenvalue weighted by atomic mass is 35.5. The van der Waals surface area contributed by atoms with Crippen LogP contribution in [0.2, 0.25) is 10.0 Å². The average Bonchev–Trinajstić information content (AvgIpc) is 3.35. The molecule has 44 heavy (non-hydrogen) atoms. The molecule has 0 bridgehead atoms. The number of hydrogen-bond acceptors (Lipinski definition) is 3. The SMILES string of the molecule is Cc1cc(C(F)(F)F)c(-c2ccc(C[C@H](NC(=O)c3cc4ccccc4n3-c3c(Cl)cccc3Cl)C(=O)O)cc2)c(=O)n1C. The van der Waals surface area contributed by atoms with Crippen LogP contribution in [-0.2, 0) is 24.4 Å². The number of para-hydroxylation sites is 2. The molecule has 5 aromatic rings. The lowest BCUT2D eigenvalue weighted by Crippen LogP contribution is -2.42. The molecule has 0 unspecified atom stereocenters. The molecule has 0 saturated carbocycles. The van der Waals surface area contributed by atoms with Crippen molar-refractivity contribution < 1.29 is 27.9 Å². The summed E-state index contributed by atoms with van der Waals surface area (Å²) < 4.78 is 44.1. The van der Waals surface area contributed by atoms with Gasteiger partial charge in [-0.3, -0.25) is 9.59 Å². The van der Waals surface area contributed by atoms with E-state index in [-0.39, 0.29) is 33.4 Å². The van der Waals surface area contributed by atoms with Crippen LogP contribution in [-0.4, -0.2) is 32.2 Å². The smallest absolute Gasteiger partial charge is 0.417 e. The number of alkyl halides is 3. The maximum Gasteiger partial charge on any atom is 0.417 e. The van der Waals surface area contributed by atoms with Crippen molar-refractivity contribution in [2.75, 3.05) is 0 Å². The third kappa shape index (κ3) is 5.82. The summed E-state index contributed by atoms with van der Waals surface area (Å²) in [6, 6.07) is 18.6. The standard InChI is InChI=1S/C32H24Cl2F3N3O4/c1-17-14-21(32(35,36)37)27(30(42)39(17)2)19-12-10-18(11-13-19)15-24(31(43)44)38-29(41)26-16-20-6-3-4-9-25(20)40(26)28-22(33)7-5-8-23(28)34/h3-14,16,24H,15H2,1-2H3,(H,38,41)(H,43,44)/t24-/m0/s1. The molecule has 1 atom stereocenters. The lowest BCUT2D eigenvalue weighted by Gasteiger charge is -2.18. The third-order valence-electron chi connectivity index (χ3n) is 7.37. The Morgan fingerprint density at radius 1 is 0.955 bits per heavy atom. The molecule has 0 aliphatic carbocycles. The minimum Gasteiger partial charge on any atom is -0.480 e. The minimum atomic E-state index is -4.76. The van der Waals surface area contributed by atoms with Crippen molar-refractivity contribution in [2.45, 2.75) is 25.6 Å². The number of benzene rings is 3. The highest BCUT2D eigenvalue weighted by molar-refractivity contribution is 6.38. The van der Waals surface area contributed by atoms with Crippen LogP contribution in [0.25, 0.3) is 27.7 Å². The predicted molar refractivity (Wildman–Crippen MR) is 163 cm³/mol. The molecule has 3 aromatic carbocycles. The second-order valence-corrected chi connectivity index (χ2v) is 11.0. The van der Waals surface area contributed by atoms with Gasteiger partial charge in [-0.05, 0) is 48.4 Å². The first-order chi connectivity index (χ1) is 20.8. The number of carbonyl (C=O) groups excluding carboxylic acids is 1. The van der Waals surface area contributed by atoms with Gasteiger partial charge in [-0.1, -0.05) is 71.7 Å². The number of nitrogens with zero attached hydrogens (tertiary/aromatic N) is 2. The fourth-order valence-corrected chi connectivity index (χ4v) is 5.63. The molecule has 0 aliphatic heterocycles. The summed E-state index contributed by atoms with van der Waals surface area (Å²) in [6.45, 7) is 1.41. The number of nitrogens with one attached hydrogen (secondary N) is 1. The van der Waals surface area contributed by atoms with E-state index in [0.29, 0.717) is 22.2 Å². The van der Waals surface area contributed by atoms with E-state index in [2.05, 4.69) is 5.32 Å². The van der Waals surface area contributed by atoms with Crippen molar-refractivity contribution >= 4 is 46.0 Å². The van der Waals surface area contributed by atoms with Gasteiger partial charge in [0, 0.05) is 24.5 Å². The third-order valence-corrected chi connectivity index (χ3v) is 7.98. The number of carboxylic acid groups (broad SMARTS) is 1. The Morgan fingerprint density at radius 2 is 1.59 bits per heavy atom. The second kappa shape index (κ2) is 11.9. The zero-order valence-electron chi connectivity index (χ0n) is 23.2. The maximum atomic E-state index is 13.8. The van der Waals surface area contributed by atoms with Gasteiger partial charge in [0.05, 0.1) is 32.4 Å². The van der Waals surface area contributed by atoms with Crippen molar-refractivity contribution in [2.24, 2.45) is 7.05 Å². The molecular weight excluding hydrogens is 618 g/mol. The summed E-state index contributed by atoms with van der Waals surface area (Å²) in [5, 5.41) is 13.8. The first-order valence-electron chi connectivity index (χ1n) is 13.2. The number of aliphatic carboxylic acids is 1. The number of rotatable bonds is 7. The van der Waals surface area contributed by atoms with Gasteiger partial charge in [0.25, 0.3) is 11.5 Å². The zero-order chi connectivity index (χ0) is 31.9. The Morgan fingerprint density at radius 3 is 2.20 bits per heavy atom. The van der Waals surface area contributed by atoms with E-state index in [1.165, 1.54) is 38.2 Å². The number of aryl methyl sites for hydroxylation is 1. The van der Waals surface area contributed by atoms with Gasteiger partial charge in [-0.15, -0.1) is 0 Å². The molecule has 0 saturated heterocycles. The maximum absolute atomic E-state index is 13.8. The van der Waals surface area contributed by atoms with Gasteiger partial charge >= 0.3 is 12.1 Å². The Hall–Kier alpha value is -4.54. The summed E-state index contributed by atoms with van der Waals surface area (Å²) in [5.74, 6) is -2.04. The van der Waals surface area contributed by atoms with Crippen LogP contribution in [0.3, 0.4) is 0 Å². The lowest BCUT2D eigenvalue weighted by atomic mass is 9.97. The Labute approximate surface area is 259 Å². The Kier molecular flexibility index (Phi) is 8.33. The van der Waals surface area contributed by atoms with E-state index in [1.807, 2.05) is 0 Å². The predicted octanol–water partition coefficient (Wildman–Crippen LogP) is 7.06. The van der Waals surface area contributed by atoms with E-state index in [4.69, 9.17) is 23.2 Å². The number of halogens is 5. The largest absolute Gasteiger partial charge is 0.480 e. The fourth-order valence-electron chi connectivity index (χ4n) is 5.06. The van der Waals surface area contributed by atoms with Crippen LogP contribution in [0.4, 0.5) is 13.2 Å². The van der Waals surface area contributed by atoms with E-state index in [0.717, 1.165) is 10.6 Å². The molecule has 0 aliphatic rings. The van der Waals surface area contributed by atoms with Crippen molar-refractivity contribution in [3.63, 3.8) is 0 Å². The van der Waals surface area contributed by atoms with Crippen LogP contribution in [0.15, 0.2) is 83.7 Å². The van der Waals surface area contributed by atoms with Crippen molar-refractivity contribution in [1.82, 2.24) is 14.5 Å². The number of pyridine rings is 1. The topological polar surface area (TPSA) is 93.3 Å². The van der Waals surface area contributed by atoms with Crippen molar-refractivity contribution in [3.8, 4) is 16.8 Å². The van der Waals surface area contributed by atoms with Crippen LogP contribution in [0.5, 0.6) is 0 Å². The molecule has 7 nitrogen and oxygen atoms in total. The molecule has 226 valence electrons. The van der Waals surface area contributed by atoms with Gasteiger partial charge in [-0.2, -0.15) is 13.2 Å². The fraction of sp³-hybridized carbons (Fsp3) is 0.156. The second-order valence-electron chi connectivity index (χ2n) is 10.2. The van der Waals surface area contributed by atoms with Gasteiger partial charge in [-0.25, -0.2) is 4.79 Å². The van der Waals surface area contributed by atoms with Crippen LogP contribution >= 0.6 is 23.2 Å². The highest BCUT2D eigenvalue weighted by Crippen LogP contribution is 2.36. The number of carbonyl (C=O) groups is 2. The average molecular weight is 642 g/mol. The summed E-state index contributed by atoms with van der Waals surface area (Å²) in [5.41, 5.74) is -0.721. The molecular formula is C32H24Cl2F3N3O4. The summed E-state index contributed by atoms with van der Waals surface area (Å²) >= 11 is 12.9. The molecule has 1 amide bonds. The Balaban J connectivity index is 1.47. The quantitative estimate of drug-likeness (QED) is 0.199. The van der Waals surface area contributed by atoms with E-state index in [1.54, 1.807) is 53.1 Å². The first-order valence-corrected chi connectivity index (χ1v) is 14.0. The molecule has 12 heteroatoms. The number of fused-ring (bicyclic) bond motifs is 1. The summed E-state index contributed by atoms with van der Waals surface area (Å²) in [6.07, 6.45) is -4.95. The molecule has 5 rings (SSSR count). The molecule has 0 spiro atoms. The highest BCUT2D eigenvalue weighted by Gasteiger charge is 2.36. The normalized spacial score (nSPS) is 12.3. The lowest BCUT2D eigenvalue weighted by molar-refractivity contribution is -0.139. The summed E-state index contributed by atoms with van der Waals surface area (Å²) in [4.78, 5) is 38.6. The van der Waals surface area contributed by atoms with Gasteiger partial charge in [0.15, 0.2) is 0 Å². The monoisotopic (exact) mass is 641 g/mol. The van der Waals surface area contributed by atoms with E-state index >= 15 is 0 Å². The van der Waals surface area contributed by atoms with Crippen LogP contribution in [0, 0.1) is 6.92 Å².